The Morgan fingerprint density at radius 2 is 2.56 bits per heavy atom. The third kappa shape index (κ3) is 0.630. The van der Waals surface area contributed by atoms with Crippen LogP contribution in [0.1, 0.15) is 5.82 Å². The normalized spacial score (nSPS) is 15.6. The fourth-order valence-electron chi connectivity index (χ4n) is 0.852. The van der Waals surface area contributed by atoms with Crippen LogP contribution in [0.25, 0.3) is 0 Å². The standard InChI is InChI=1S/C5H6N4/c1-2-6-3-9-4-7-8-5(1)9/h3-4H,1-2H2. The minimum atomic E-state index is 0.846. The van der Waals surface area contributed by atoms with Crippen LogP contribution in [0.2, 0.25) is 0 Å². The molecule has 4 nitrogen and oxygen atoms in total. The van der Waals surface area contributed by atoms with Crippen molar-refractivity contribution in [2.24, 2.45) is 4.99 Å². The van der Waals surface area contributed by atoms with Gasteiger partial charge in [0, 0.05) is 13.0 Å². The summed E-state index contributed by atoms with van der Waals surface area (Å²) in [7, 11) is 0. The minimum Gasteiger partial charge on any atom is -0.276 e. The van der Waals surface area contributed by atoms with Gasteiger partial charge in [0.15, 0.2) is 0 Å². The monoisotopic (exact) mass is 122 g/mol. The molecule has 0 atom stereocenters. The molecule has 0 saturated heterocycles. The number of hydrogen-bond donors (Lipinski definition) is 0. The van der Waals surface area contributed by atoms with Crippen molar-refractivity contribution in [2.75, 3.05) is 6.54 Å². The molecule has 0 N–H and O–H groups in total. The van der Waals surface area contributed by atoms with Crippen molar-refractivity contribution in [1.29, 1.82) is 0 Å². The predicted molar refractivity (Wildman–Crippen MR) is 32.5 cm³/mol. The van der Waals surface area contributed by atoms with Crippen LogP contribution in [-0.4, -0.2) is 27.6 Å². The molecule has 1 aliphatic rings. The summed E-state index contributed by atoms with van der Waals surface area (Å²) in [5, 5.41) is 7.60. The second kappa shape index (κ2) is 1.65. The summed E-state index contributed by atoms with van der Waals surface area (Å²) in [5.41, 5.74) is 0. The molecule has 0 radical (unpaired) electrons. The van der Waals surface area contributed by atoms with Gasteiger partial charge in [0.05, 0.1) is 6.34 Å². The molecular formula is C5H6N4. The van der Waals surface area contributed by atoms with Crippen LogP contribution in [0.5, 0.6) is 0 Å². The Hall–Kier alpha value is -1.19. The van der Waals surface area contributed by atoms with Gasteiger partial charge in [-0.1, -0.05) is 0 Å². The van der Waals surface area contributed by atoms with E-state index in [0.717, 1.165) is 18.8 Å². The molecule has 0 spiro atoms. The van der Waals surface area contributed by atoms with Gasteiger partial charge in [-0.05, 0) is 0 Å². The SMILES string of the molecule is C1=NCCc2nncn21. The summed E-state index contributed by atoms with van der Waals surface area (Å²) >= 11 is 0. The lowest BCUT2D eigenvalue weighted by atomic mass is 10.4. The van der Waals surface area contributed by atoms with Crippen molar-refractivity contribution in [1.82, 2.24) is 14.8 Å². The molecule has 9 heavy (non-hydrogen) atoms. The second-order valence-electron chi connectivity index (χ2n) is 1.93. The van der Waals surface area contributed by atoms with Crippen LogP contribution < -0.4 is 0 Å². The zero-order chi connectivity index (χ0) is 6.10. The van der Waals surface area contributed by atoms with Gasteiger partial charge >= 0.3 is 0 Å². The highest BCUT2D eigenvalue weighted by Gasteiger charge is 2.03. The van der Waals surface area contributed by atoms with Crippen molar-refractivity contribution >= 4 is 6.34 Å². The van der Waals surface area contributed by atoms with E-state index < -0.39 is 0 Å². The lowest BCUT2D eigenvalue weighted by Gasteiger charge is -2.02. The molecule has 0 unspecified atom stereocenters. The van der Waals surface area contributed by atoms with E-state index in [1.165, 1.54) is 0 Å². The quantitative estimate of drug-likeness (QED) is 0.474. The maximum absolute atomic E-state index is 4.05. The van der Waals surface area contributed by atoms with E-state index in [1.807, 2.05) is 4.57 Å². The highest BCUT2D eigenvalue weighted by atomic mass is 15.3. The van der Waals surface area contributed by atoms with E-state index in [2.05, 4.69) is 15.2 Å². The molecule has 0 saturated carbocycles. The van der Waals surface area contributed by atoms with E-state index in [9.17, 15) is 0 Å². The first-order valence-corrected chi connectivity index (χ1v) is 2.85. The van der Waals surface area contributed by atoms with Gasteiger partial charge in [0.25, 0.3) is 0 Å². The lowest BCUT2D eigenvalue weighted by Crippen LogP contribution is -2.09. The molecule has 0 aliphatic carbocycles. The Morgan fingerprint density at radius 3 is 3.44 bits per heavy atom. The van der Waals surface area contributed by atoms with Gasteiger partial charge in [0.2, 0.25) is 0 Å². The summed E-state index contributed by atoms with van der Waals surface area (Å²) in [6, 6.07) is 0. The molecule has 2 rings (SSSR count). The van der Waals surface area contributed by atoms with Crippen molar-refractivity contribution in [3.05, 3.63) is 12.2 Å². The zero-order valence-electron chi connectivity index (χ0n) is 4.86. The molecule has 1 aliphatic heterocycles. The van der Waals surface area contributed by atoms with Gasteiger partial charge in [-0.15, -0.1) is 10.2 Å². The van der Waals surface area contributed by atoms with Crippen molar-refractivity contribution in [2.45, 2.75) is 6.42 Å². The first kappa shape index (κ1) is 4.67. The van der Waals surface area contributed by atoms with Crippen LogP contribution in [0, 0.1) is 0 Å². The van der Waals surface area contributed by atoms with E-state index in [0.29, 0.717) is 0 Å². The average molecular weight is 122 g/mol. The molecular weight excluding hydrogens is 116 g/mol. The third-order valence-electron chi connectivity index (χ3n) is 1.32. The highest BCUT2D eigenvalue weighted by molar-refractivity contribution is 5.59. The Morgan fingerprint density at radius 1 is 1.56 bits per heavy atom. The molecule has 1 aromatic rings. The van der Waals surface area contributed by atoms with E-state index in [1.54, 1.807) is 12.7 Å². The Kier molecular flexibility index (Phi) is 0.855. The van der Waals surface area contributed by atoms with Gasteiger partial charge in [-0.25, -0.2) is 0 Å². The third-order valence-corrected chi connectivity index (χ3v) is 1.32. The van der Waals surface area contributed by atoms with E-state index in [-0.39, 0.29) is 0 Å². The summed E-state index contributed by atoms with van der Waals surface area (Å²) < 4.78 is 1.84. The summed E-state index contributed by atoms with van der Waals surface area (Å²) in [5.74, 6) is 1.00. The fraction of sp³-hybridized carbons (Fsp3) is 0.400. The molecule has 2 heterocycles. The number of aromatic nitrogens is 3. The minimum absolute atomic E-state index is 0.846. The first-order chi connectivity index (χ1) is 4.47. The fourth-order valence-corrected chi connectivity index (χ4v) is 0.852. The molecule has 0 bridgehead atoms. The number of rotatable bonds is 0. The number of fused-ring (bicyclic) bond motifs is 1. The van der Waals surface area contributed by atoms with Crippen molar-refractivity contribution in [3.8, 4) is 0 Å². The number of hydrogen-bond acceptors (Lipinski definition) is 3. The Bertz CT molecular complexity index is 237. The average Bonchev–Trinajstić information content (AvgIpc) is 2.33. The van der Waals surface area contributed by atoms with Crippen LogP contribution in [-0.2, 0) is 6.42 Å². The van der Waals surface area contributed by atoms with Gasteiger partial charge < -0.3 is 0 Å². The van der Waals surface area contributed by atoms with Crippen molar-refractivity contribution < 1.29 is 0 Å². The molecule has 0 amide bonds. The highest BCUT2D eigenvalue weighted by Crippen LogP contribution is 1.97. The van der Waals surface area contributed by atoms with Crippen LogP contribution >= 0.6 is 0 Å². The van der Waals surface area contributed by atoms with E-state index in [4.69, 9.17) is 0 Å². The molecule has 0 aromatic carbocycles. The molecule has 4 heteroatoms. The topological polar surface area (TPSA) is 43.1 Å². The number of aliphatic imine (C=N–C) groups is 1. The predicted octanol–water partition coefficient (Wildman–Crippen LogP) is -0.289. The van der Waals surface area contributed by atoms with Gasteiger partial charge in [-0.2, -0.15) is 0 Å². The maximum atomic E-state index is 4.05. The maximum Gasteiger partial charge on any atom is 0.139 e. The lowest BCUT2D eigenvalue weighted by molar-refractivity contribution is 0.820. The van der Waals surface area contributed by atoms with E-state index >= 15 is 0 Å². The Labute approximate surface area is 52.2 Å². The van der Waals surface area contributed by atoms with Gasteiger partial charge in [0.1, 0.15) is 12.2 Å². The molecule has 46 valence electrons. The van der Waals surface area contributed by atoms with Crippen LogP contribution in [0.15, 0.2) is 11.3 Å². The zero-order valence-corrected chi connectivity index (χ0v) is 4.86. The smallest absolute Gasteiger partial charge is 0.139 e. The summed E-state index contributed by atoms with van der Waals surface area (Å²) in [4.78, 5) is 4.05. The van der Waals surface area contributed by atoms with Gasteiger partial charge in [-0.3, -0.25) is 9.56 Å². The number of nitrogens with zero attached hydrogens (tertiary/aromatic N) is 4. The summed E-state index contributed by atoms with van der Waals surface area (Å²) in [6.07, 6.45) is 4.33. The summed E-state index contributed by atoms with van der Waals surface area (Å²) in [6.45, 7) is 0.846. The molecule has 0 fully saturated rings. The first-order valence-electron chi connectivity index (χ1n) is 2.85. The van der Waals surface area contributed by atoms with Crippen LogP contribution in [0.3, 0.4) is 0 Å². The molecule has 1 aromatic heterocycles. The Balaban J connectivity index is 2.53. The van der Waals surface area contributed by atoms with Crippen molar-refractivity contribution in [3.63, 3.8) is 0 Å². The van der Waals surface area contributed by atoms with Crippen LogP contribution in [0.4, 0.5) is 0 Å². The second-order valence-corrected chi connectivity index (χ2v) is 1.93. The largest absolute Gasteiger partial charge is 0.276 e.